The fourth-order valence-electron chi connectivity index (χ4n) is 3.10. The van der Waals surface area contributed by atoms with Crippen LogP contribution in [-0.2, 0) is 0 Å². The normalized spacial score (nSPS) is 20.4. The summed E-state index contributed by atoms with van der Waals surface area (Å²) in [6.07, 6.45) is 1.46. The number of likely N-dealkylation sites (N-methyl/N-ethyl adjacent to an activating group) is 1. The zero-order valence-corrected chi connectivity index (χ0v) is 12.8. The smallest absolute Gasteiger partial charge is 0.149 e. The van der Waals surface area contributed by atoms with E-state index in [2.05, 4.69) is 40.7 Å². The Bertz CT molecular complexity index is 643. The van der Waals surface area contributed by atoms with E-state index in [-0.39, 0.29) is 5.82 Å². The Hall–Kier alpha value is -1.75. The van der Waals surface area contributed by atoms with E-state index in [4.69, 9.17) is 0 Å². The lowest BCUT2D eigenvalue weighted by atomic mass is 10.00. The molecule has 0 spiro atoms. The number of nitrogens with zero attached hydrogens (tertiary/aromatic N) is 4. The first-order valence-electron chi connectivity index (χ1n) is 7.42. The lowest BCUT2D eigenvalue weighted by molar-refractivity contribution is 0.173. The van der Waals surface area contributed by atoms with Gasteiger partial charge < -0.3 is 4.90 Å². The molecule has 0 bridgehead atoms. The number of aromatic nitrogens is 2. The van der Waals surface area contributed by atoms with E-state index in [0.717, 1.165) is 30.8 Å². The fraction of sp³-hybridized carbons (Fsp3) is 0.500. The zero-order valence-electron chi connectivity index (χ0n) is 12.8. The van der Waals surface area contributed by atoms with Crippen molar-refractivity contribution in [1.82, 2.24) is 14.9 Å². The van der Waals surface area contributed by atoms with Crippen LogP contribution in [0.4, 0.5) is 10.2 Å². The summed E-state index contributed by atoms with van der Waals surface area (Å²) in [5.41, 5.74) is 0.405. The maximum atomic E-state index is 13.9. The Balaban J connectivity index is 1.99. The molecule has 1 fully saturated rings. The predicted molar refractivity (Wildman–Crippen MR) is 83.0 cm³/mol. The molecule has 2 aromatic rings. The molecule has 1 aliphatic rings. The van der Waals surface area contributed by atoms with Crippen molar-refractivity contribution in [3.63, 3.8) is 0 Å². The van der Waals surface area contributed by atoms with Gasteiger partial charge in [-0.15, -0.1) is 0 Å². The van der Waals surface area contributed by atoms with Crippen molar-refractivity contribution in [1.29, 1.82) is 0 Å². The van der Waals surface area contributed by atoms with Gasteiger partial charge in [-0.3, -0.25) is 4.90 Å². The van der Waals surface area contributed by atoms with Gasteiger partial charge in [-0.25, -0.2) is 14.4 Å². The van der Waals surface area contributed by atoms with E-state index in [1.807, 2.05) is 6.07 Å². The van der Waals surface area contributed by atoms with Crippen LogP contribution in [-0.4, -0.2) is 47.6 Å². The average Bonchev–Trinajstić information content (AvgIpc) is 2.47. The van der Waals surface area contributed by atoms with Crippen LogP contribution in [0.1, 0.15) is 13.8 Å². The van der Waals surface area contributed by atoms with Crippen molar-refractivity contribution in [2.24, 2.45) is 5.92 Å². The first-order valence-corrected chi connectivity index (χ1v) is 7.42. The van der Waals surface area contributed by atoms with Crippen LogP contribution in [0.3, 0.4) is 0 Å². The monoisotopic (exact) mass is 288 g/mol. The molecule has 1 aliphatic heterocycles. The van der Waals surface area contributed by atoms with Gasteiger partial charge in [0.2, 0.25) is 0 Å². The van der Waals surface area contributed by atoms with E-state index >= 15 is 0 Å². The summed E-state index contributed by atoms with van der Waals surface area (Å²) in [5.74, 6) is 1.13. The van der Waals surface area contributed by atoms with Crippen molar-refractivity contribution >= 4 is 16.7 Å². The van der Waals surface area contributed by atoms with Gasteiger partial charge in [0.15, 0.2) is 0 Å². The van der Waals surface area contributed by atoms with Crippen LogP contribution >= 0.6 is 0 Å². The van der Waals surface area contributed by atoms with Gasteiger partial charge in [0.1, 0.15) is 23.5 Å². The van der Waals surface area contributed by atoms with Crippen LogP contribution < -0.4 is 4.90 Å². The summed E-state index contributed by atoms with van der Waals surface area (Å²) in [6, 6.07) is 5.55. The molecule has 0 saturated carbocycles. The Morgan fingerprint density at radius 3 is 2.81 bits per heavy atom. The second kappa shape index (κ2) is 5.56. The van der Waals surface area contributed by atoms with Crippen LogP contribution in [0.2, 0.25) is 0 Å². The third kappa shape index (κ3) is 2.58. The lowest BCUT2D eigenvalue weighted by Crippen LogP contribution is -2.53. The van der Waals surface area contributed by atoms with Gasteiger partial charge in [0.25, 0.3) is 0 Å². The topological polar surface area (TPSA) is 32.3 Å². The number of halogens is 1. The molecule has 1 aromatic carbocycles. The lowest BCUT2D eigenvalue weighted by Gasteiger charge is -2.42. The van der Waals surface area contributed by atoms with Crippen molar-refractivity contribution in [2.45, 2.75) is 19.9 Å². The van der Waals surface area contributed by atoms with Gasteiger partial charge in [-0.05, 0) is 25.1 Å². The molecule has 0 N–H and O–H groups in total. The highest BCUT2D eigenvalue weighted by atomic mass is 19.1. The second-order valence-electron chi connectivity index (χ2n) is 6.07. The number of anilines is 1. The number of piperazine rings is 1. The van der Waals surface area contributed by atoms with E-state index in [1.54, 1.807) is 6.07 Å². The van der Waals surface area contributed by atoms with Crippen molar-refractivity contribution in [3.05, 3.63) is 30.3 Å². The minimum atomic E-state index is -0.286. The summed E-state index contributed by atoms with van der Waals surface area (Å²) < 4.78 is 13.9. The Labute approximate surface area is 124 Å². The number of para-hydroxylation sites is 1. The quantitative estimate of drug-likeness (QED) is 0.850. The first-order chi connectivity index (χ1) is 10.1. The third-order valence-corrected chi connectivity index (χ3v) is 4.36. The van der Waals surface area contributed by atoms with Crippen LogP contribution in [0.15, 0.2) is 24.5 Å². The van der Waals surface area contributed by atoms with Gasteiger partial charge in [-0.1, -0.05) is 19.9 Å². The highest BCUT2D eigenvalue weighted by Crippen LogP contribution is 2.27. The van der Waals surface area contributed by atoms with E-state index < -0.39 is 0 Å². The summed E-state index contributed by atoms with van der Waals surface area (Å²) >= 11 is 0. The SMILES string of the molecule is CC(C)[C@H]1CN(c2ncnc3c(F)cccc23)CCN1C. The van der Waals surface area contributed by atoms with Crippen molar-refractivity contribution < 1.29 is 4.39 Å². The number of hydrogen-bond acceptors (Lipinski definition) is 4. The molecule has 0 unspecified atom stereocenters. The summed E-state index contributed by atoms with van der Waals surface area (Å²) in [5, 5.41) is 0.796. The first kappa shape index (κ1) is 14.2. The molecular weight excluding hydrogens is 267 g/mol. The van der Waals surface area contributed by atoms with Gasteiger partial charge in [-0.2, -0.15) is 0 Å². The highest BCUT2D eigenvalue weighted by Gasteiger charge is 2.28. The molecular formula is C16H21FN4. The Morgan fingerprint density at radius 2 is 2.05 bits per heavy atom. The average molecular weight is 288 g/mol. The molecule has 0 amide bonds. The molecule has 5 heteroatoms. The zero-order chi connectivity index (χ0) is 15.0. The molecule has 3 rings (SSSR count). The fourth-order valence-corrected chi connectivity index (χ4v) is 3.10. The van der Waals surface area contributed by atoms with Gasteiger partial charge in [0.05, 0.1) is 0 Å². The molecule has 1 aromatic heterocycles. The van der Waals surface area contributed by atoms with E-state index in [1.165, 1.54) is 12.4 Å². The largest absolute Gasteiger partial charge is 0.353 e. The molecule has 4 nitrogen and oxygen atoms in total. The van der Waals surface area contributed by atoms with Crippen molar-refractivity contribution in [3.8, 4) is 0 Å². The minimum Gasteiger partial charge on any atom is -0.353 e. The standard InChI is InChI=1S/C16H21FN4/c1-11(2)14-9-21(8-7-20(14)3)16-12-5-4-6-13(17)15(12)18-10-19-16/h4-6,10-11,14H,7-9H2,1-3H3/t14-/m1/s1. The van der Waals surface area contributed by atoms with Gasteiger partial charge >= 0.3 is 0 Å². The second-order valence-corrected chi connectivity index (χ2v) is 6.07. The van der Waals surface area contributed by atoms with Crippen LogP contribution in [0.25, 0.3) is 10.9 Å². The number of rotatable bonds is 2. The van der Waals surface area contributed by atoms with E-state index in [0.29, 0.717) is 17.5 Å². The summed E-state index contributed by atoms with van der Waals surface area (Å²) in [7, 11) is 2.17. The molecule has 2 heterocycles. The van der Waals surface area contributed by atoms with Crippen LogP contribution in [0.5, 0.6) is 0 Å². The molecule has 1 saturated heterocycles. The molecule has 1 atom stereocenters. The van der Waals surface area contributed by atoms with Gasteiger partial charge in [0, 0.05) is 31.1 Å². The predicted octanol–water partition coefficient (Wildman–Crippen LogP) is 2.55. The van der Waals surface area contributed by atoms with Crippen LogP contribution in [0, 0.1) is 11.7 Å². The highest BCUT2D eigenvalue weighted by molar-refractivity contribution is 5.89. The number of hydrogen-bond donors (Lipinski definition) is 0. The van der Waals surface area contributed by atoms with Crippen molar-refractivity contribution in [2.75, 3.05) is 31.6 Å². The third-order valence-electron chi connectivity index (χ3n) is 4.36. The molecule has 0 aliphatic carbocycles. The number of fused-ring (bicyclic) bond motifs is 1. The maximum absolute atomic E-state index is 13.9. The Morgan fingerprint density at radius 1 is 1.24 bits per heavy atom. The molecule has 0 radical (unpaired) electrons. The molecule has 112 valence electrons. The summed E-state index contributed by atoms with van der Waals surface area (Å²) in [4.78, 5) is 13.2. The maximum Gasteiger partial charge on any atom is 0.149 e. The minimum absolute atomic E-state index is 0.286. The molecule has 21 heavy (non-hydrogen) atoms. The number of benzene rings is 1. The summed E-state index contributed by atoms with van der Waals surface area (Å²) in [6.45, 7) is 7.29. The van der Waals surface area contributed by atoms with E-state index in [9.17, 15) is 4.39 Å². The Kier molecular flexibility index (Phi) is 3.76.